The number of hydrogen-bond acceptors (Lipinski definition) is 5. The van der Waals surface area contributed by atoms with Crippen molar-refractivity contribution in [2.75, 3.05) is 11.1 Å². The lowest BCUT2D eigenvalue weighted by atomic mass is 9.87. The third kappa shape index (κ3) is 2.65. The molecule has 0 aliphatic heterocycles. The van der Waals surface area contributed by atoms with Crippen LogP contribution >= 0.6 is 0 Å². The highest BCUT2D eigenvalue weighted by atomic mass is 16.6. The van der Waals surface area contributed by atoms with E-state index in [1.165, 1.54) is 17.3 Å². The minimum Gasteiger partial charge on any atom is -0.399 e. The highest BCUT2D eigenvalue weighted by molar-refractivity contribution is 5.61. The molecule has 0 bridgehead atoms. The van der Waals surface area contributed by atoms with Gasteiger partial charge in [0.05, 0.1) is 11.0 Å². The van der Waals surface area contributed by atoms with Crippen molar-refractivity contribution in [3.63, 3.8) is 0 Å². The number of aryl methyl sites for hydroxylation is 1. The summed E-state index contributed by atoms with van der Waals surface area (Å²) in [7, 11) is 0. The van der Waals surface area contributed by atoms with Crippen LogP contribution in [0.4, 0.5) is 17.1 Å². The van der Waals surface area contributed by atoms with Crippen molar-refractivity contribution < 1.29 is 4.92 Å². The average molecular weight is 284 g/mol. The van der Waals surface area contributed by atoms with Crippen LogP contribution in [-0.2, 0) is 6.42 Å². The second-order valence-corrected chi connectivity index (χ2v) is 5.20. The van der Waals surface area contributed by atoms with Gasteiger partial charge in [-0.15, -0.1) is 0 Å². The van der Waals surface area contributed by atoms with E-state index in [1.807, 2.05) is 18.2 Å². The molecule has 1 aliphatic carbocycles. The van der Waals surface area contributed by atoms with Crippen molar-refractivity contribution in [3.8, 4) is 0 Å². The van der Waals surface area contributed by atoms with Gasteiger partial charge in [0.2, 0.25) is 0 Å². The second kappa shape index (κ2) is 5.40. The number of aromatic nitrogens is 1. The number of anilines is 2. The minimum absolute atomic E-state index is 0.0000634. The molecule has 0 spiro atoms. The number of hydrogen-bond donors (Lipinski definition) is 2. The van der Waals surface area contributed by atoms with E-state index in [1.54, 1.807) is 12.3 Å². The van der Waals surface area contributed by atoms with Crippen molar-refractivity contribution in [1.82, 2.24) is 4.98 Å². The number of nitrogens with two attached hydrogens (primary N) is 1. The van der Waals surface area contributed by atoms with Gasteiger partial charge in [-0.25, -0.2) is 0 Å². The molecule has 0 radical (unpaired) electrons. The second-order valence-electron chi connectivity index (χ2n) is 5.20. The highest BCUT2D eigenvalue weighted by Gasteiger charge is 2.23. The number of fused-ring (bicyclic) bond motifs is 1. The number of nitrogen functional groups attached to an aromatic ring is 1. The molecular weight excluding hydrogens is 268 g/mol. The lowest BCUT2D eigenvalue weighted by Crippen LogP contribution is -2.18. The van der Waals surface area contributed by atoms with Crippen molar-refractivity contribution in [1.29, 1.82) is 0 Å². The van der Waals surface area contributed by atoms with Gasteiger partial charge in [0.1, 0.15) is 11.9 Å². The summed E-state index contributed by atoms with van der Waals surface area (Å²) in [5.41, 5.74) is 9.47. The molecule has 21 heavy (non-hydrogen) atoms. The van der Waals surface area contributed by atoms with Crippen molar-refractivity contribution in [2.45, 2.75) is 25.3 Å². The Labute approximate surface area is 122 Å². The van der Waals surface area contributed by atoms with E-state index >= 15 is 0 Å². The van der Waals surface area contributed by atoms with E-state index < -0.39 is 4.92 Å². The summed E-state index contributed by atoms with van der Waals surface area (Å²) in [6.07, 6.45) is 5.80. The zero-order valence-electron chi connectivity index (χ0n) is 11.5. The van der Waals surface area contributed by atoms with Gasteiger partial charge in [-0.3, -0.25) is 15.1 Å². The first kappa shape index (κ1) is 13.4. The zero-order chi connectivity index (χ0) is 14.8. The van der Waals surface area contributed by atoms with Crippen LogP contribution in [0.25, 0.3) is 0 Å². The maximum Gasteiger partial charge on any atom is 0.310 e. The Morgan fingerprint density at radius 1 is 1.38 bits per heavy atom. The number of pyridine rings is 1. The molecule has 0 fully saturated rings. The molecule has 1 heterocycles. The molecule has 108 valence electrons. The fourth-order valence-corrected chi connectivity index (χ4v) is 2.83. The van der Waals surface area contributed by atoms with E-state index in [9.17, 15) is 10.1 Å². The topological polar surface area (TPSA) is 94.1 Å². The Hall–Kier alpha value is -2.63. The maximum atomic E-state index is 11.1. The van der Waals surface area contributed by atoms with Gasteiger partial charge in [0.25, 0.3) is 0 Å². The van der Waals surface area contributed by atoms with Crippen LogP contribution in [0, 0.1) is 10.1 Å². The Morgan fingerprint density at radius 3 is 3.05 bits per heavy atom. The van der Waals surface area contributed by atoms with Gasteiger partial charge in [-0.05, 0) is 48.6 Å². The predicted octanol–water partition coefficient (Wildman–Crippen LogP) is 3.06. The number of nitro groups is 1. The molecule has 1 aromatic heterocycles. The predicted molar refractivity (Wildman–Crippen MR) is 81.0 cm³/mol. The first-order valence-electron chi connectivity index (χ1n) is 6.88. The smallest absolute Gasteiger partial charge is 0.310 e. The maximum absolute atomic E-state index is 11.1. The Bertz CT molecular complexity index is 687. The number of nitrogens with zero attached hydrogens (tertiary/aromatic N) is 2. The van der Waals surface area contributed by atoms with Crippen molar-refractivity contribution in [2.24, 2.45) is 0 Å². The molecule has 0 saturated heterocycles. The van der Waals surface area contributed by atoms with E-state index in [0.29, 0.717) is 5.69 Å². The molecule has 1 aliphatic rings. The van der Waals surface area contributed by atoms with Crippen molar-refractivity contribution >= 4 is 17.1 Å². The van der Waals surface area contributed by atoms with E-state index in [0.717, 1.165) is 24.9 Å². The SMILES string of the molecule is Nc1ccc2c(c1)CCCC2Nc1ccncc1[N+](=O)[O-]. The summed E-state index contributed by atoms with van der Waals surface area (Å²) in [5.74, 6) is 0. The molecule has 1 aromatic carbocycles. The molecular formula is C15H16N4O2. The molecule has 1 atom stereocenters. The summed E-state index contributed by atoms with van der Waals surface area (Å²) >= 11 is 0. The van der Waals surface area contributed by atoms with E-state index in [4.69, 9.17) is 5.73 Å². The number of nitrogens with one attached hydrogen (secondary N) is 1. The van der Waals surface area contributed by atoms with Gasteiger partial charge in [-0.2, -0.15) is 0 Å². The summed E-state index contributed by atoms with van der Waals surface area (Å²) in [4.78, 5) is 14.5. The number of rotatable bonds is 3. The Kier molecular flexibility index (Phi) is 3.43. The number of benzene rings is 1. The van der Waals surface area contributed by atoms with E-state index in [-0.39, 0.29) is 11.7 Å². The van der Waals surface area contributed by atoms with Gasteiger partial charge in [0.15, 0.2) is 0 Å². The summed E-state index contributed by atoms with van der Waals surface area (Å²) < 4.78 is 0. The molecule has 2 aromatic rings. The summed E-state index contributed by atoms with van der Waals surface area (Å²) in [6.45, 7) is 0. The minimum atomic E-state index is -0.415. The van der Waals surface area contributed by atoms with Crippen LogP contribution in [-0.4, -0.2) is 9.91 Å². The van der Waals surface area contributed by atoms with Crippen LogP contribution in [0.15, 0.2) is 36.7 Å². The summed E-state index contributed by atoms with van der Waals surface area (Å²) in [6, 6.07) is 7.58. The molecule has 0 amide bonds. The quantitative estimate of drug-likeness (QED) is 0.513. The molecule has 3 rings (SSSR count). The monoisotopic (exact) mass is 284 g/mol. The van der Waals surface area contributed by atoms with Crippen LogP contribution in [0.3, 0.4) is 0 Å². The molecule has 6 heteroatoms. The molecule has 3 N–H and O–H groups in total. The normalized spacial score (nSPS) is 17.0. The lowest BCUT2D eigenvalue weighted by Gasteiger charge is -2.27. The van der Waals surface area contributed by atoms with Gasteiger partial charge in [0, 0.05) is 11.9 Å². The van der Waals surface area contributed by atoms with E-state index in [2.05, 4.69) is 10.3 Å². The third-order valence-corrected chi connectivity index (χ3v) is 3.81. The highest BCUT2D eigenvalue weighted by Crippen LogP contribution is 2.35. The van der Waals surface area contributed by atoms with Crippen LogP contribution in [0.2, 0.25) is 0 Å². The lowest BCUT2D eigenvalue weighted by molar-refractivity contribution is -0.384. The Balaban J connectivity index is 1.92. The zero-order valence-corrected chi connectivity index (χ0v) is 11.5. The molecule has 1 unspecified atom stereocenters. The average Bonchev–Trinajstić information content (AvgIpc) is 2.47. The first-order chi connectivity index (χ1) is 10.1. The molecule has 0 saturated carbocycles. The standard InChI is InChI=1S/C15H16N4O2/c16-11-4-5-12-10(8-11)2-1-3-13(12)18-14-6-7-17-9-15(14)19(20)21/h4-9,13H,1-3,16H2,(H,17,18). The van der Waals surface area contributed by atoms with Gasteiger partial charge in [-0.1, -0.05) is 6.07 Å². The van der Waals surface area contributed by atoms with Crippen LogP contribution in [0.5, 0.6) is 0 Å². The third-order valence-electron chi connectivity index (χ3n) is 3.81. The largest absolute Gasteiger partial charge is 0.399 e. The van der Waals surface area contributed by atoms with Crippen LogP contribution in [0.1, 0.15) is 30.0 Å². The fraction of sp³-hybridized carbons (Fsp3) is 0.267. The first-order valence-corrected chi connectivity index (χ1v) is 6.88. The fourth-order valence-electron chi connectivity index (χ4n) is 2.83. The molecule has 6 nitrogen and oxygen atoms in total. The summed E-state index contributed by atoms with van der Waals surface area (Å²) in [5, 5.41) is 14.3. The Morgan fingerprint density at radius 2 is 2.24 bits per heavy atom. The van der Waals surface area contributed by atoms with Crippen LogP contribution < -0.4 is 11.1 Å². The van der Waals surface area contributed by atoms with Crippen molar-refractivity contribution in [3.05, 3.63) is 57.9 Å². The van der Waals surface area contributed by atoms with Gasteiger partial charge < -0.3 is 11.1 Å². The van der Waals surface area contributed by atoms with Gasteiger partial charge >= 0.3 is 5.69 Å².